The molecule has 0 aliphatic carbocycles. The van der Waals surface area contributed by atoms with E-state index in [4.69, 9.17) is 2.74 Å². The summed E-state index contributed by atoms with van der Waals surface area (Å²) in [6, 6.07) is 39.5. The Balaban J connectivity index is 1.60. The zero-order chi connectivity index (χ0) is 35.1. The number of hydrogen-bond acceptors (Lipinski definition) is 0. The van der Waals surface area contributed by atoms with Gasteiger partial charge < -0.3 is 0 Å². The smallest absolute Gasteiger partial charge is 0.0616 e. The fourth-order valence-electron chi connectivity index (χ4n) is 6.64. The molecule has 44 heavy (non-hydrogen) atoms. The largest absolute Gasteiger partial charge is 0.0636 e. The van der Waals surface area contributed by atoms with Crippen LogP contribution in [0.3, 0.4) is 0 Å². The average Bonchev–Trinajstić information content (AvgIpc) is 3.17. The summed E-state index contributed by atoms with van der Waals surface area (Å²) in [5.74, 6) is 0. The first-order chi connectivity index (χ1) is 24.8. The second kappa shape index (κ2) is 9.93. The molecule has 204 valence electrons. The quantitative estimate of drug-likeness (QED) is 0.188. The van der Waals surface area contributed by atoms with Crippen molar-refractivity contribution in [1.82, 2.24) is 0 Å². The predicted octanol–water partition coefficient (Wildman–Crippen LogP) is 12.5. The van der Waals surface area contributed by atoms with Crippen LogP contribution >= 0.6 is 0 Å². The topological polar surface area (TPSA) is 0 Å². The van der Waals surface area contributed by atoms with Crippen molar-refractivity contribution in [3.63, 3.8) is 0 Å². The van der Waals surface area contributed by atoms with E-state index in [1.165, 1.54) is 0 Å². The van der Waals surface area contributed by atoms with E-state index in [-0.39, 0.29) is 53.1 Å². The molecule has 0 bridgehead atoms. The zero-order valence-electron chi connectivity index (χ0n) is 30.6. The molecular formula is C44H28. The van der Waals surface area contributed by atoms with E-state index in [1.807, 2.05) is 127 Å². The van der Waals surface area contributed by atoms with Crippen molar-refractivity contribution in [3.05, 3.63) is 170 Å². The lowest BCUT2D eigenvalue weighted by molar-refractivity contribution is 1.66. The molecule has 0 radical (unpaired) electrons. The molecule has 0 aliphatic heterocycles. The monoisotopic (exact) mass is 563 g/mol. The van der Waals surface area contributed by atoms with E-state index < -0.39 is 0 Å². The van der Waals surface area contributed by atoms with Crippen LogP contribution in [0.5, 0.6) is 0 Å². The van der Waals surface area contributed by atoms with Crippen LogP contribution in [0.15, 0.2) is 170 Å². The second-order valence-electron chi connectivity index (χ2n) is 11.1. The van der Waals surface area contributed by atoms with Gasteiger partial charge in [0.15, 0.2) is 0 Å². The molecular weight excluding hydrogens is 528 g/mol. The molecule has 9 aromatic carbocycles. The Labute approximate surface area is 266 Å². The number of fused-ring (bicyclic) bond motifs is 5. The molecule has 0 heterocycles. The fraction of sp³-hybridized carbons (Fsp3) is 0. The van der Waals surface area contributed by atoms with Crippen molar-refractivity contribution in [2.45, 2.75) is 0 Å². The molecule has 0 amide bonds. The van der Waals surface area contributed by atoms with E-state index in [0.717, 1.165) is 32.3 Å². The van der Waals surface area contributed by atoms with Gasteiger partial charge in [-0.25, -0.2) is 0 Å². The predicted molar refractivity (Wildman–Crippen MR) is 190 cm³/mol. The molecule has 0 nitrogen and oxygen atoms in total. The fourth-order valence-corrected chi connectivity index (χ4v) is 6.64. The van der Waals surface area contributed by atoms with Crippen LogP contribution in [0, 0.1) is 0 Å². The van der Waals surface area contributed by atoms with E-state index in [0.29, 0.717) is 44.2 Å². The highest BCUT2D eigenvalue weighted by Gasteiger charge is 2.19. The maximum absolute atomic E-state index is 10.1. The van der Waals surface area contributed by atoms with Crippen molar-refractivity contribution in [3.8, 4) is 33.4 Å². The summed E-state index contributed by atoms with van der Waals surface area (Å²) in [6.07, 6.45) is 0. The number of hydrogen-bond donors (Lipinski definition) is 0. The Kier molecular flexibility index (Phi) is 4.23. The Hall–Kier alpha value is -5.72. The van der Waals surface area contributed by atoms with E-state index >= 15 is 0 Å². The molecule has 0 aliphatic rings. The van der Waals surface area contributed by atoms with Crippen molar-refractivity contribution in [2.24, 2.45) is 0 Å². The normalized spacial score (nSPS) is 13.9. The van der Waals surface area contributed by atoms with Gasteiger partial charge in [0.2, 0.25) is 0 Å². The van der Waals surface area contributed by atoms with Gasteiger partial charge >= 0.3 is 0 Å². The summed E-state index contributed by atoms with van der Waals surface area (Å²) in [4.78, 5) is 0. The molecule has 9 rings (SSSR count). The van der Waals surface area contributed by atoms with Crippen molar-refractivity contribution in [1.29, 1.82) is 0 Å². The molecule has 0 heteroatoms. The van der Waals surface area contributed by atoms with Crippen molar-refractivity contribution >= 4 is 53.9 Å². The molecule has 0 unspecified atom stereocenters. The first-order valence-electron chi connectivity index (χ1n) is 18.2. The minimum atomic E-state index is -0.381. The first-order valence-corrected chi connectivity index (χ1v) is 14.7. The Bertz CT molecular complexity index is 2940. The second-order valence-corrected chi connectivity index (χ2v) is 11.1. The number of rotatable bonds is 3. The summed E-state index contributed by atoms with van der Waals surface area (Å²) in [5.41, 5.74) is 3.16. The molecule has 9 aromatic rings. The van der Waals surface area contributed by atoms with Gasteiger partial charge in [-0.05, 0) is 99.4 Å². The van der Waals surface area contributed by atoms with Crippen LogP contribution in [0.1, 0.15) is 9.60 Å². The summed E-state index contributed by atoms with van der Waals surface area (Å²) in [6.45, 7) is 0. The van der Waals surface area contributed by atoms with Crippen molar-refractivity contribution < 1.29 is 9.60 Å². The van der Waals surface area contributed by atoms with E-state index in [9.17, 15) is 6.85 Å². The Morgan fingerprint density at radius 3 is 1.66 bits per heavy atom. The van der Waals surface area contributed by atoms with Crippen LogP contribution in [0.25, 0.3) is 87.2 Å². The molecule has 0 N–H and O–H groups in total. The van der Waals surface area contributed by atoms with Crippen molar-refractivity contribution in [2.75, 3.05) is 0 Å². The molecule has 0 aromatic heterocycles. The van der Waals surface area contributed by atoms with Gasteiger partial charge in [0.25, 0.3) is 0 Å². The third-order valence-electron chi connectivity index (χ3n) is 8.66. The highest BCUT2D eigenvalue weighted by Crippen LogP contribution is 2.47. The molecule has 0 fully saturated rings. The van der Waals surface area contributed by atoms with Crippen LogP contribution in [-0.2, 0) is 0 Å². The summed E-state index contributed by atoms with van der Waals surface area (Å²) in [5, 5.41) is 6.72. The molecule has 0 saturated heterocycles. The summed E-state index contributed by atoms with van der Waals surface area (Å²) >= 11 is 0. The lowest BCUT2D eigenvalue weighted by Crippen LogP contribution is -1.93. The van der Waals surface area contributed by atoms with Crippen LogP contribution < -0.4 is 0 Å². The zero-order valence-corrected chi connectivity index (χ0v) is 23.6. The lowest BCUT2D eigenvalue weighted by atomic mass is 9.83. The average molecular weight is 564 g/mol. The van der Waals surface area contributed by atoms with Crippen LogP contribution in [-0.4, -0.2) is 0 Å². The van der Waals surface area contributed by atoms with Gasteiger partial charge in [0.05, 0.1) is 9.60 Å². The first kappa shape index (κ1) is 18.7. The summed E-state index contributed by atoms with van der Waals surface area (Å²) in [7, 11) is 0. The van der Waals surface area contributed by atoms with Gasteiger partial charge in [-0.3, -0.25) is 0 Å². The van der Waals surface area contributed by atoms with E-state index in [2.05, 4.69) is 0 Å². The van der Waals surface area contributed by atoms with Gasteiger partial charge in [-0.1, -0.05) is 158 Å². The molecule has 0 atom stereocenters. The van der Waals surface area contributed by atoms with Gasteiger partial charge in [-0.2, -0.15) is 0 Å². The van der Waals surface area contributed by atoms with Crippen LogP contribution in [0.2, 0.25) is 0 Å². The van der Waals surface area contributed by atoms with Crippen LogP contribution in [0.4, 0.5) is 0 Å². The van der Waals surface area contributed by atoms with Gasteiger partial charge in [0.1, 0.15) is 0 Å². The molecule has 0 saturated carbocycles. The minimum Gasteiger partial charge on any atom is -0.0616 e. The molecule has 0 spiro atoms. The number of benzene rings is 9. The highest BCUT2D eigenvalue weighted by molar-refractivity contribution is 6.24. The van der Waals surface area contributed by atoms with E-state index in [1.54, 1.807) is 0 Å². The third-order valence-corrected chi connectivity index (χ3v) is 8.66. The Morgan fingerprint density at radius 2 is 0.909 bits per heavy atom. The third kappa shape index (κ3) is 3.85. The highest BCUT2D eigenvalue weighted by atomic mass is 14.2. The SMILES string of the molecule is [2H]c1c([2H])c([2H])c2c(-c3cccc4ccccc34)c3c([2H])c(-c4cccc5ccccc45)c([2H])c([2H])c3c(-c3ccc4ccccc4c3)c2c1[2H]. The Morgan fingerprint density at radius 1 is 0.341 bits per heavy atom. The maximum atomic E-state index is 10.1. The lowest BCUT2D eigenvalue weighted by Gasteiger charge is -2.20. The van der Waals surface area contributed by atoms with Gasteiger partial charge in [0, 0.05) is 0 Å². The van der Waals surface area contributed by atoms with Gasteiger partial charge in [-0.15, -0.1) is 0 Å². The maximum Gasteiger partial charge on any atom is 0.0636 e. The summed E-state index contributed by atoms with van der Waals surface area (Å²) < 4.78 is 65.9. The minimum absolute atomic E-state index is 0.0293. The standard InChI is InChI=1S/C44H28/c1-2-14-32-27-34(24-23-29(32)11-1)43-39-19-7-8-20-40(39)44(38-22-10-16-31-13-4-6-18-36(31)38)42-28-33(25-26-41(42)43)37-21-9-15-30-12-3-5-17-35(30)37/h1-28H/i7D,8D,19D,20D,25D,26D,28D.